The van der Waals surface area contributed by atoms with Crippen LogP contribution >= 0.6 is 0 Å². The number of phenolic OH excluding ortho intramolecular Hbond substituents is 1. The molecule has 0 saturated carbocycles. The van der Waals surface area contributed by atoms with E-state index in [1.807, 2.05) is 17.0 Å². The van der Waals surface area contributed by atoms with E-state index in [0.29, 0.717) is 43.3 Å². The Hall–Kier alpha value is -3.32. The first-order chi connectivity index (χ1) is 17.2. The Morgan fingerprint density at radius 3 is 2.58 bits per heavy atom. The number of carbonyl (C=O) groups excluding carboxylic acids is 2. The summed E-state index contributed by atoms with van der Waals surface area (Å²) in [6, 6.07) is 13.2. The van der Waals surface area contributed by atoms with Gasteiger partial charge in [0, 0.05) is 31.3 Å². The van der Waals surface area contributed by atoms with Crippen molar-refractivity contribution in [1.29, 1.82) is 0 Å². The highest BCUT2D eigenvalue weighted by Crippen LogP contribution is 2.30. The van der Waals surface area contributed by atoms with Crippen LogP contribution in [0.1, 0.15) is 74.6 Å². The van der Waals surface area contributed by atoms with Gasteiger partial charge in [-0.2, -0.15) is 0 Å². The second-order valence-corrected chi connectivity index (χ2v) is 9.86. The fraction of sp³-hybridized carbons (Fsp3) is 0.448. The summed E-state index contributed by atoms with van der Waals surface area (Å²) in [5.74, 6) is 0.309. The lowest BCUT2D eigenvalue weighted by Crippen LogP contribution is -2.36. The number of hydrogen-bond donors (Lipinski definition) is 3. The minimum atomic E-state index is -1.14. The van der Waals surface area contributed by atoms with Crippen molar-refractivity contribution in [2.45, 2.75) is 64.5 Å². The Morgan fingerprint density at radius 2 is 1.92 bits per heavy atom. The summed E-state index contributed by atoms with van der Waals surface area (Å²) >= 11 is 0. The molecule has 3 N–H and O–H groups in total. The lowest BCUT2D eigenvalue weighted by molar-refractivity contribution is -0.126. The molecular weight excluding hydrogens is 456 g/mol. The average Bonchev–Trinajstić information content (AvgIpc) is 2.86. The van der Waals surface area contributed by atoms with Crippen LogP contribution in [0.4, 0.5) is 4.79 Å². The van der Waals surface area contributed by atoms with Crippen LogP contribution < -0.4 is 5.32 Å². The molecule has 0 aliphatic carbocycles. The normalized spacial score (nSPS) is 14.7. The van der Waals surface area contributed by atoms with Crippen LogP contribution in [0.5, 0.6) is 5.75 Å². The van der Waals surface area contributed by atoms with Gasteiger partial charge in [-0.15, -0.1) is 0 Å². The zero-order valence-electron chi connectivity index (χ0n) is 21.5. The molecule has 2 aromatic rings. The molecule has 1 aliphatic rings. The molecule has 0 unspecified atom stereocenters. The second kappa shape index (κ2) is 12.6. The van der Waals surface area contributed by atoms with Gasteiger partial charge < -0.3 is 25.2 Å². The number of nitrogens with zero attached hydrogens (tertiary/aromatic N) is 1. The topological polar surface area (TPSA) is 99.1 Å². The van der Waals surface area contributed by atoms with Crippen LogP contribution in [0.25, 0.3) is 6.08 Å². The van der Waals surface area contributed by atoms with Crippen molar-refractivity contribution < 1.29 is 24.5 Å². The molecule has 0 atom stereocenters. The molecule has 0 radical (unpaired) electrons. The van der Waals surface area contributed by atoms with Crippen molar-refractivity contribution in [3.8, 4) is 5.75 Å². The molecule has 3 rings (SSSR count). The Kier molecular flexibility index (Phi) is 9.53. The van der Waals surface area contributed by atoms with Gasteiger partial charge in [-0.05, 0) is 67.9 Å². The fourth-order valence-corrected chi connectivity index (χ4v) is 4.37. The fourth-order valence-electron chi connectivity index (χ4n) is 4.37. The number of aliphatic hydroxyl groups is 1. The number of aromatic hydroxyl groups is 1. The number of phenols is 1. The number of unbranched alkanes of at least 4 members (excludes halogenated alkanes) is 1. The second-order valence-electron chi connectivity index (χ2n) is 9.86. The molecule has 0 aromatic heterocycles. The third-order valence-corrected chi connectivity index (χ3v) is 6.50. The number of carbonyl (C=O) groups is 2. The monoisotopic (exact) mass is 494 g/mol. The number of amides is 2. The predicted octanol–water partition coefficient (Wildman–Crippen LogP) is 5.07. The number of benzene rings is 2. The van der Waals surface area contributed by atoms with Crippen LogP contribution in [0, 0.1) is 0 Å². The zero-order chi connectivity index (χ0) is 26.1. The quantitative estimate of drug-likeness (QED) is 0.334. The summed E-state index contributed by atoms with van der Waals surface area (Å²) in [4.78, 5) is 26.3. The lowest BCUT2D eigenvalue weighted by atomic mass is 9.88. The summed E-state index contributed by atoms with van der Waals surface area (Å²) < 4.78 is 5.14. The SMILES string of the molecule is CCCCOC(=O)NCc1cccc(C2CCN(C(=O)C=Cc3ccc(C(C)(C)O)c(O)c3)CC2)c1. The minimum absolute atomic E-state index is 0.00345. The van der Waals surface area contributed by atoms with Gasteiger partial charge in [0.2, 0.25) is 5.91 Å². The van der Waals surface area contributed by atoms with Crippen LogP contribution in [0.3, 0.4) is 0 Å². The molecule has 0 bridgehead atoms. The third-order valence-electron chi connectivity index (χ3n) is 6.50. The first-order valence-electron chi connectivity index (χ1n) is 12.7. The summed E-state index contributed by atoms with van der Waals surface area (Å²) in [5, 5.41) is 23.1. The van der Waals surface area contributed by atoms with Crippen molar-refractivity contribution in [2.24, 2.45) is 0 Å². The molecule has 1 saturated heterocycles. The number of hydrogen-bond acceptors (Lipinski definition) is 5. The highest BCUT2D eigenvalue weighted by atomic mass is 16.5. The number of ether oxygens (including phenoxy) is 1. The van der Waals surface area contributed by atoms with E-state index in [1.54, 1.807) is 38.1 Å². The summed E-state index contributed by atoms with van der Waals surface area (Å²) in [6.45, 7) is 7.48. The van der Waals surface area contributed by atoms with Crippen LogP contribution in [0.15, 0.2) is 48.5 Å². The first-order valence-corrected chi connectivity index (χ1v) is 12.7. The van der Waals surface area contributed by atoms with Crippen LogP contribution in [0.2, 0.25) is 0 Å². The number of alkyl carbamates (subject to hydrolysis) is 1. The van der Waals surface area contributed by atoms with Gasteiger partial charge >= 0.3 is 6.09 Å². The van der Waals surface area contributed by atoms with Crippen molar-refractivity contribution >= 4 is 18.1 Å². The first kappa shape index (κ1) is 27.3. The van der Waals surface area contributed by atoms with Gasteiger partial charge in [-0.3, -0.25) is 4.79 Å². The van der Waals surface area contributed by atoms with Crippen LogP contribution in [-0.4, -0.2) is 46.8 Å². The Bertz CT molecular complexity index is 1070. The van der Waals surface area contributed by atoms with Crippen molar-refractivity contribution in [3.05, 3.63) is 70.8 Å². The van der Waals surface area contributed by atoms with E-state index in [9.17, 15) is 19.8 Å². The third kappa shape index (κ3) is 7.85. The van der Waals surface area contributed by atoms with E-state index >= 15 is 0 Å². The number of piperidine rings is 1. The van der Waals surface area contributed by atoms with E-state index in [0.717, 1.165) is 31.2 Å². The maximum absolute atomic E-state index is 12.7. The smallest absolute Gasteiger partial charge is 0.407 e. The molecule has 194 valence electrons. The number of likely N-dealkylation sites (tertiary alicyclic amines) is 1. The molecule has 2 amide bonds. The highest BCUT2D eigenvalue weighted by molar-refractivity contribution is 5.92. The summed E-state index contributed by atoms with van der Waals surface area (Å²) in [6.07, 6.45) is 6.42. The van der Waals surface area contributed by atoms with Crippen molar-refractivity contribution in [1.82, 2.24) is 10.2 Å². The van der Waals surface area contributed by atoms with Gasteiger partial charge in [0.25, 0.3) is 0 Å². The summed E-state index contributed by atoms with van der Waals surface area (Å²) in [7, 11) is 0. The van der Waals surface area contributed by atoms with Gasteiger partial charge in [0.1, 0.15) is 5.75 Å². The Balaban J connectivity index is 1.50. The van der Waals surface area contributed by atoms with Gasteiger partial charge in [-0.25, -0.2) is 4.79 Å². The van der Waals surface area contributed by atoms with Crippen molar-refractivity contribution in [2.75, 3.05) is 19.7 Å². The van der Waals surface area contributed by atoms with E-state index in [2.05, 4.69) is 24.4 Å². The van der Waals surface area contributed by atoms with E-state index in [-0.39, 0.29) is 11.7 Å². The maximum Gasteiger partial charge on any atom is 0.407 e. The van der Waals surface area contributed by atoms with Crippen LogP contribution in [-0.2, 0) is 21.7 Å². The maximum atomic E-state index is 12.7. The molecule has 36 heavy (non-hydrogen) atoms. The number of rotatable bonds is 9. The average molecular weight is 495 g/mol. The van der Waals surface area contributed by atoms with Gasteiger partial charge in [0.15, 0.2) is 0 Å². The number of nitrogens with one attached hydrogen (secondary N) is 1. The molecule has 1 fully saturated rings. The Morgan fingerprint density at radius 1 is 1.17 bits per heavy atom. The van der Waals surface area contributed by atoms with Crippen molar-refractivity contribution in [3.63, 3.8) is 0 Å². The Labute approximate surface area is 213 Å². The van der Waals surface area contributed by atoms with E-state index < -0.39 is 11.7 Å². The highest BCUT2D eigenvalue weighted by Gasteiger charge is 2.23. The predicted molar refractivity (Wildman–Crippen MR) is 140 cm³/mol. The summed E-state index contributed by atoms with van der Waals surface area (Å²) in [5.41, 5.74) is 2.25. The standard InChI is InChI=1S/C29H38N2O5/c1-4-5-17-36-28(34)30-20-22-7-6-8-24(18-22)23-13-15-31(16-14-23)27(33)12-10-21-9-11-25(26(32)19-21)29(2,3)35/h6-12,18-19,23,32,35H,4-5,13-17,20H2,1-3H3,(H,30,34). The minimum Gasteiger partial charge on any atom is -0.508 e. The van der Waals surface area contributed by atoms with E-state index in [1.165, 1.54) is 11.6 Å². The molecular formula is C29H38N2O5. The molecule has 1 heterocycles. The lowest BCUT2D eigenvalue weighted by Gasteiger charge is -2.31. The van der Waals surface area contributed by atoms with Gasteiger partial charge in [0.05, 0.1) is 12.2 Å². The van der Waals surface area contributed by atoms with E-state index in [4.69, 9.17) is 4.74 Å². The largest absolute Gasteiger partial charge is 0.508 e. The molecule has 1 aliphatic heterocycles. The molecule has 2 aromatic carbocycles. The molecule has 7 heteroatoms. The zero-order valence-corrected chi connectivity index (χ0v) is 21.5. The molecule has 0 spiro atoms. The van der Waals surface area contributed by atoms with Gasteiger partial charge in [-0.1, -0.05) is 49.7 Å². The molecule has 7 nitrogen and oxygen atoms in total.